The molecule has 98 valence electrons. The molecular formula is C12H16BiNO4. The molecule has 1 rings (SSSR count). The number of carbonyl (C=O) groups excluding carboxylic acids is 1. The first-order valence-corrected chi connectivity index (χ1v) is 14.5. The van der Waals surface area contributed by atoms with Crippen LogP contribution < -0.4 is 0 Å². The van der Waals surface area contributed by atoms with E-state index in [0.29, 0.717) is 6.61 Å². The Hall–Kier alpha value is -1.03. The normalized spacial score (nSPS) is 12.2. The summed E-state index contributed by atoms with van der Waals surface area (Å²) < 4.78 is 9.14. The molecule has 0 N–H and O–H groups in total. The van der Waals surface area contributed by atoms with Crippen molar-refractivity contribution in [2.75, 3.05) is 6.61 Å². The fraction of sp³-hybridized carbons (Fsp3) is 0.417. The molecule has 0 radical (unpaired) electrons. The Balaban J connectivity index is 2.99. The van der Waals surface area contributed by atoms with Gasteiger partial charge in [-0.15, -0.1) is 0 Å². The zero-order chi connectivity index (χ0) is 13.7. The van der Waals surface area contributed by atoms with Crippen molar-refractivity contribution in [2.45, 2.75) is 19.8 Å². The van der Waals surface area contributed by atoms with Crippen molar-refractivity contribution in [3.05, 3.63) is 39.9 Å². The molecule has 5 nitrogen and oxygen atoms in total. The summed E-state index contributed by atoms with van der Waals surface area (Å²) in [7, 11) is 0. The van der Waals surface area contributed by atoms with Crippen molar-refractivity contribution in [3.63, 3.8) is 0 Å². The molecule has 0 aliphatic carbocycles. The van der Waals surface area contributed by atoms with E-state index < -0.39 is 26.7 Å². The first kappa shape index (κ1) is 15.0. The number of carbonyl (C=O) groups is 1. The molecule has 0 saturated heterocycles. The van der Waals surface area contributed by atoms with Gasteiger partial charge in [-0.25, -0.2) is 0 Å². The third-order valence-corrected chi connectivity index (χ3v) is 8.44. The van der Waals surface area contributed by atoms with Crippen molar-refractivity contribution < 1.29 is 14.5 Å². The number of nitro benzene ring substituents is 1. The van der Waals surface area contributed by atoms with Gasteiger partial charge < -0.3 is 0 Å². The fourth-order valence-corrected chi connectivity index (χ4v) is 6.56. The molecule has 0 spiro atoms. The van der Waals surface area contributed by atoms with Crippen LogP contribution in [0, 0.1) is 10.1 Å². The van der Waals surface area contributed by atoms with Crippen LogP contribution in [0.4, 0.5) is 5.69 Å². The van der Waals surface area contributed by atoms with Crippen LogP contribution in [0.1, 0.15) is 16.1 Å². The second-order valence-electron chi connectivity index (χ2n) is 3.97. The molecule has 0 bridgehead atoms. The average molecular weight is 447 g/mol. The Morgan fingerprint density at radius 3 is 2.33 bits per heavy atom. The molecule has 0 amide bonds. The summed E-state index contributed by atoms with van der Waals surface area (Å²) in [5, 5.41) is 10.6. The van der Waals surface area contributed by atoms with Gasteiger partial charge in [0.05, 0.1) is 0 Å². The fourth-order valence-electron chi connectivity index (χ4n) is 1.64. The van der Waals surface area contributed by atoms with Gasteiger partial charge in [-0.05, 0) is 0 Å². The predicted octanol–water partition coefficient (Wildman–Crippen LogP) is 2.54. The summed E-state index contributed by atoms with van der Waals surface area (Å²) in [4.78, 5) is 22.0. The van der Waals surface area contributed by atoms with E-state index in [1.54, 1.807) is 19.1 Å². The van der Waals surface area contributed by atoms with E-state index in [9.17, 15) is 14.9 Å². The summed E-state index contributed by atoms with van der Waals surface area (Å²) >= 11 is -1.92. The first-order valence-electron chi connectivity index (χ1n) is 5.54. The van der Waals surface area contributed by atoms with Crippen LogP contribution in [0.15, 0.2) is 24.3 Å². The number of rotatable bonds is 5. The van der Waals surface area contributed by atoms with Crippen LogP contribution in [0.2, 0.25) is 9.26 Å². The molecule has 1 unspecified atom stereocenters. The van der Waals surface area contributed by atoms with Crippen molar-refractivity contribution in [1.29, 1.82) is 0 Å². The monoisotopic (exact) mass is 447 g/mol. The molecule has 6 heteroatoms. The third-order valence-electron chi connectivity index (χ3n) is 2.45. The van der Waals surface area contributed by atoms with E-state index in [1.807, 2.05) is 0 Å². The van der Waals surface area contributed by atoms with Gasteiger partial charge in [-0.1, -0.05) is 0 Å². The van der Waals surface area contributed by atoms with Crippen LogP contribution in [0.25, 0.3) is 0 Å². The van der Waals surface area contributed by atoms with Gasteiger partial charge in [0.25, 0.3) is 0 Å². The standard InChI is InChI=1S/C10H10NO4.2CH3.Bi/c1-2-15-10(12)7-8-3-5-9(6-4-8)11(13)14;;;/h3-7H,2H2,1H3;2*1H3;. The van der Waals surface area contributed by atoms with Crippen LogP contribution in [-0.4, -0.2) is 39.3 Å². The Morgan fingerprint density at radius 1 is 1.39 bits per heavy atom. The maximum absolute atomic E-state index is 11.9. The number of hydrogen-bond acceptors (Lipinski definition) is 4. The van der Waals surface area contributed by atoms with E-state index in [1.165, 1.54) is 12.1 Å². The van der Waals surface area contributed by atoms with Crippen LogP contribution >= 0.6 is 0 Å². The SMILES string of the molecule is CCOC(=O)[CH](c1ccc([N+](=O)[O-])cc1)[Bi]([CH3])[CH3]. The molecule has 0 aliphatic heterocycles. The van der Waals surface area contributed by atoms with Gasteiger partial charge in [0.2, 0.25) is 0 Å². The Morgan fingerprint density at radius 2 is 1.94 bits per heavy atom. The minimum atomic E-state index is -1.92. The molecule has 1 aromatic carbocycles. The van der Waals surface area contributed by atoms with E-state index >= 15 is 0 Å². The summed E-state index contributed by atoms with van der Waals surface area (Å²) in [5.74, 6) is -0.200. The molecule has 1 aromatic rings. The maximum atomic E-state index is 11.9. The molecule has 0 saturated carbocycles. The van der Waals surface area contributed by atoms with Gasteiger partial charge in [0, 0.05) is 0 Å². The van der Waals surface area contributed by atoms with Crippen LogP contribution in [0.3, 0.4) is 0 Å². The average Bonchev–Trinajstić information content (AvgIpc) is 2.29. The van der Waals surface area contributed by atoms with Crippen LogP contribution in [-0.2, 0) is 9.53 Å². The Labute approximate surface area is 114 Å². The topological polar surface area (TPSA) is 69.4 Å². The zero-order valence-electron chi connectivity index (χ0n) is 10.6. The van der Waals surface area contributed by atoms with E-state index in [0.717, 1.165) is 5.56 Å². The number of ether oxygens (including phenoxy) is 1. The van der Waals surface area contributed by atoms with E-state index in [-0.39, 0.29) is 15.3 Å². The summed E-state index contributed by atoms with van der Waals surface area (Å²) in [6.07, 6.45) is 0. The third kappa shape index (κ3) is 3.74. The van der Waals surface area contributed by atoms with Crippen molar-refractivity contribution in [1.82, 2.24) is 0 Å². The number of non-ortho nitro benzene ring substituents is 1. The van der Waals surface area contributed by atoms with Crippen molar-refractivity contribution in [3.8, 4) is 0 Å². The summed E-state index contributed by atoms with van der Waals surface area (Å²) in [5.41, 5.74) is 0.876. The molecule has 0 heterocycles. The predicted molar refractivity (Wildman–Crippen MR) is 70.0 cm³/mol. The number of benzene rings is 1. The molecular weight excluding hydrogens is 431 g/mol. The van der Waals surface area contributed by atoms with E-state index in [4.69, 9.17) is 4.74 Å². The molecule has 0 aliphatic rings. The molecule has 0 fully saturated rings. The van der Waals surface area contributed by atoms with Gasteiger partial charge in [-0.3, -0.25) is 0 Å². The summed E-state index contributed by atoms with van der Waals surface area (Å²) in [6, 6.07) is 6.20. The Bertz CT molecular complexity index is 430. The molecule has 0 aromatic heterocycles. The van der Waals surface area contributed by atoms with E-state index in [2.05, 4.69) is 9.26 Å². The molecule has 1 atom stereocenters. The molecule has 18 heavy (non-hydrogen) atoms. The second-order valence-corrected chi connectivity index (χ2v) is 13.5. The van der Waals surface area contributed by atoms with Crippen molar-refractivity contribution in [2.24, 2.45) is 0 Å². The number of esters is 1. The first-order chi connectivity index (χ1) is 8.47. The number of nitrogens with zero attached hydrogens (tertiary/aromatic N) is 1. The minimum absolute atomic E-state index is 0.0413. The van der Waals surface area contributed by atoms with Crippen molar-refractivity contribution >= 4 is 33.4 Å². The quantitative estimate of drug-likeness (QED) is 0.301. The Kier molecular flexibility index (Phi) is 5.67. The van der Waals surface area contributed by atoms with Gasteiger partial charge >= 0.3 is 114 Å². The van der Waals surface area contributed by atoms with Gasteiger partial charge in [0.15, 0.2) is 0 Å². The van der Waals surface area contributed by atoms with Crippen LogP contribution in [0.5, 0.6) is 0 Å². The van der Waals surface area contributed by atoms with Gasteiger partial charge in [0.1, 0.15) is 0 Å². The number of nitro groups is 1. The number of hydrogen-bond donors (Lipinski definition) is 0. The van der Waals surface area contributed by atoms with Gasteiger partial charge in [-0.2, -0.15) is 0 Å². The zero-order valence-corrected chi connectivity index (χ0v) is 14.1. The second kappa shape index (κ2) is 6.79. The summed E-state index contributed by atoms with van der Waals surface area (Å²) in [6.45, 7) is 2.14.